The lowest BCUT2D eigenvalue weighted by atomic mass is 10.1. The lowest BCUT2D eigenvalue weighted by Gasteiger charge is -2.23. The lowest BCUT2D eigenvalue weighted by Crippen LogP contribution is -2.45. The summed E-state index contributed by atoms with van der Waals surface area (Å²) >= 11 is 0. The van der Waals surface area contributed by atoms with Crippen molar-refractivity contribution in [1.82, 2.24) is 5.32 Å². The molecule has 1 rings (SSSR count). The van der Waals surface area contributed by atoms with E-state index in [2.05, 4.69) is 25.0 Å². The van der Waals surface area contributed by atoms with Gasteiger partial charge in [0.1, 0.15) is 11.8 Å². The van der Waals surface area contributed by atoms with Gasteiger partial charge >= 0.3 is 5.97 Å². The van der Waals surface area contributed by atoms with Crippen LogP contribution in [0, 0.1) is 0 Å². The molecule has 0 spiro atoms. The molecule has 1 aromatic carbocycles. The van der Waals surface area contributed by atoms with Gasteiger partial charge in [0, 0.05) is 13.3 Å². The second-order valence-electron chi connectivity index (χ2n) is 7.85. The lowest BCUT2D eigenvalue weighted by molar-refractivity contribution is -0.139. The summed E-state index contributed by atoms with van der Waals surface area (Å²) in [7, 11) is -3.64. The summed E-state index contributed by atoms with van der Waals surface area (Å²) in [6.45, 7) is 13.6. The Morgan fingerprint density at radius 2 is 1.54 bits per heavy atom. The zero-order chi connectivity index (χ0) is 18.5. The number of carbonyl (C=O) groups excluding carboxylic acids is 2. The van der Waals surface area contributed by atoms with Gasteiger partial charge in [0.15, 0.2) is 0 Å². The average Bonchev–Trinajstić information content (AvgIpc) is 2.36. The van der Waals surface area contributed by atoms with Crippen molar-refractivity contribution in [3.8, 4) is 5.75 Å². The van der Waals surface area contributed by atoms with Gasteiger partial charge in [-0.2, -0.15) is 0 Å². The van der Waals surface area contributed by atoms with Crippen molar-refractivity contribution in [2.45, 2.75) is 58.7 Å². The number of amides is 1. The first kappa shape index (κ1) is 20.4. The molecule has 0 saturated heterocycles. The normalized spacial score (nSPS) is 13.1. The van der Waals surface area contributed by atoms with Gasteiger partial charge in [-0.15, -0.1) is 0 Å². The van der Waals surface area contributed by atoms with Crippen LogP contribution in [0.3, 0.4) is 0 Å². The van der Waals surface area contributed by atoms with Gasteiger partial charge in [-0.05, 0) is 57.0 Å². The Morgan fingerprint density at radius 1 is 1.00 bits per heavy atom. The summed E-state index contributed by atoms with van der Waals surface area (Å²) in [5.41, 5.74) is 0.948. The highest BCUT2D eigenvalue weighted by Gasteiger charge is 2.27. The molecule has 1 atom stereocenters. The van der Waals surface area contributed by atoms with Crippen LogP contribution in [-0.4, -0.2) is 34.6 Å². The Morgan fingerprint density at radius 3 is 1.96 bits per heavy atom. The van der Waals surface area contributed by atoms with Gasteiger partial charge < -0.3 is 14.2 Å². The van der Waals surface area contributed by atoms with Crippen LogP contribution in [0.4, 0.5) is 0 Å². The number of hydrogen-bond donors (Lipinski definition) is 1. The summed E-state index contributed by atoms with van der Waals surface area (Å²) in [4.78, 5) is 23.7. The van der Waals surface area contributed by atoms with E-state index < -0.39 is 22.7 Å². The van der Waals surface area contributed by atoms with Crippen LogP contribution in [0.5, 0.6) is 5.75 Å². The molecule has 24 heavy (non-hydrogen) atoms. The maximum atomic E-state index is 12.3. The Bertz CT molecular complexity index is 574. The van der Waals surface area contributed by atoms with E-state index in [-0.39, 0.29) is 11.9 Å². The van der Waals surface area contributed by atoms with Crippen LogP contribution in [0.15, 0.2) is 24.3 Å². The van der Waals surface area contributed by atoms with E-state index in [1.807, 2.05) is 43.9 Å². The maximum Gasteiger partial charge on any atom is 0.315 e. The summed E-state index contributed by atoms with van der Waals surface area (Å²) < 4.78 is 11.5. The van der Waals surface area contributed by atoms with Crippen molar-refractivity contribution < 1.29 is 18.4 Å². The van der Waals surface area contributed by atoms with Gasteiger partial charge in [-0.1, -0.05) is 12.1 Å². The van der Waals surface area contributed by atoms with Crippen LogP contribution >= 0.6 is 0 Å². The zero-order valence-corrected chi connectivity index (χ0v) is 17.7. The molecule has 0 saturated carbocycles. The molecule has 1 aromatic rings. The van der Waals surface area contributed by atoms with Gasteiger partial charge in [0.25, 0.3) is 0 Å². The molecule has 134 valence electrons. The van der Waals surface area contributed by atoms with Crippen LogP contribution in [0.2, 0.25) is 39.3 Å². The van der Waals surface area contributed by atoms with Crippen molar-refractivity contribution >= 4 is 28.5 Å². The molecule has 7 heteroatoms. The van der Waals surface area contributed by atoms with Crippen LogP contribution in [0.25, 0.3) is 0 Å². The molecular weight excluding hydrogens is 338 g/mol. The fraction of sp³-hybridized carbons (Fsp3) is 0.529. The molecule has 0 radical (unpaired) electrons. The number of rotatable bonds is 7. The van der Waals surface area contributed by atoms with E-state index in [1.54, 1.807) is 0 Å². The number of benzene rings is 1. The second-order valence-corrected chi connectivity index (χ2v) is 16.7. The second kappa shape index (κ2) is 7.98. The Labute approximate surface area is 147 Å². The van der Waals surface area contributed by atoms with Crippen LogP contribution in [0.1, 0.15) is 12.5 Å². The van der Waals surface area contributed by atoms with E-state index in [0.717, 1.165) is 11.3 Å². The molecular formula is C17H29NO4Si2. The molecule has 0 heterocycles. The summed E-state index contributed by atoms with van der Waals surface area (Å²) in [6, 6.07) is 6.99. The van der Waals surface area contributed by atoms with Crippen LogP contribution < -0.4 is 9.74 Å². The van der Waals surface area contributed by atoms with Gasteiger partial charge in [-0.25, -0.2) is 0 Å². The number of carbonyl (C=O) groups is 2. The van der Waals surface area contributed by atoms with Gasteiger partial charge in [0.2, 0.25) is 22.5 Å². The maximum absolute atomic E-state index is 12.3. The van der Waals surface area contributed by atoms with E-state index >= 15 is 0 Å². The smallest absolute Gasteiger partial charge is 0.315 e. The highest BCUT2D eigenvalue weighted by atomic mass is 28.4. The topological polar surface area (TPSA) is 64.6 Å². The highest BCUT2D eigenvalue weighted by Crippen LogP contribution is 2.18. The summed E-state index contributed by atoms with van der Waals surface area (Å²) in [6.07, 6.45) is 0.399. The predicted molar refractivity (Wildman–Crippen MR) is 101 cm³/mol. The summed E-state index contributed by atoms with van der Waals surface area (Å²) in [5.74, 6) is 0.219. The molecule has 0 bridgehead atoms. The van der Waals surface area contributed by atoms with Gasteiger partial charge in [-0.3, -0.25) is 9.59 Å². The molecule has 0 aliphatic carbocycles. The van der Waals surface area contributed by atoms with E-state index in [0.29, 0.717) is 6.42 Å². The van der Waals surface area contributed by atoms with Crippen molar-refractivity contribution in [1.29, 1.82) is 0 Å². The minimum absolute atomic E-state index is 0.244. The third kappa shape index (κ3) is 8.30. The Kier molecular flexibility index (Phi) is 6.79. The molecule has 1 unspecified atom stereocenters. The molecule has 0 fully saturated rings. The van der Waals surface area contributed by atoms with Gasteiger partial charge in [0.05, 0.1) is 0 Å². The third-order valence-corrected chi connectivity index (χ3v) is 4.52. The number of nitrogens with one attached hydrogen (secondary N) is 1. The number of hydrogen-bond acceptors (Lipinski definition) is 4. The molecule has 5 nitrogen and oxygen atoms in total. The predicted octanol–water partition coefficient (Wildman–Crippen LogP) is 3.33. The molecule has 0 aliphatic heterocycles. The first-order valence-corrected chi connectivity index (χ1v) is 15.0. The van der Waals surface area contributed by atoms with Crippen LogP contribution in [-0.2, 0) is 20.4 Å². The molecule has 1 N–H and O–H groups in total. The standard InChI is InChI=1S/C17H29NO4Si2/c1-13(19)18-16(17(20)22-24(5,6)7)12-14-8-10-15(11-9-14)21-23(2,3)4/h8-11,16H,12H2,1-7H3,(H,18,19). The zero-order valence-electron chi connectivity index (χ0n) is 15.7. The molecule has 0 aromatic heterocycles. The largest absolute Gasteiger partial charge is 0.544 e. The van der Waals surface area contributed by atoms with E-state index in [4.69, 9.17) is 8.85 Å². The minimum Gasteiger partial charge on any atom is -0.544 e. The highest BCUT2D eigenvalue weighted by molar-refractivity contribution is 6.71. The fourth-order valence-corrected chi connectivity index (χ4v) is 3.68. The summed E-state index contributed by atoms with van der Waals surface area (Å²) in [5, 5.41) is 2.69. The minimum atomic E-state index is -2.00. The Hall–Kier alpha value is -1.61. The third-order valence-electron chi connectivity index (χ3n) is 2.86. The van der Waals surface area contributed by atoms with Crippen molar-refractivity contribution in [2.24, 2.45) is 0 Å². The first-order valence-electron chi connectivity index (χ1n) is 8.14. The monoisotopic (exact) mass is 367 g/mol. The first-order chi connectivity index (χ1) is 10.9. The quantitative estimate of drug-likeness (QED) is 0.751. The van der Waals surface area contributed by atoms with E-state index in [9.17, 15) is 9.59 Å². The fourth-order valence-electron chi connectivity index (χ4n) is 2.09. The van der Waals surface area contributed by atoms with Crippen molar-refractivity contribution in [3.05, 3.63) is 29.8 Å². The SMILES string of the molecule is CC(=O)NC(Cc1ccc(O[Si](C)(C)C)cc1)C(=O)O[Si](C)(C)C. The van der Waals surface area contributed by atoms with Crippen molar-refractivity contribution in [3.63, 3.8) is 0 Å². The molecule has 1 amide bonds. The average molecular weight is 368 g/mol. The Balaban J connectivity index is 2.83. The van der Waals surface area contributed by atoms with Crippen molar-refractivity contribution in [2.75, 3.05) is 0 Å². The molecule has 0 aliphatic rings. The van der Waals surface area contributed by atoms with E-state index in [1.165, 1.54) is 6.92 Å².